The summed E-state index contributed by atoms with van der Waals surface area (Å²) in [5.41, 5.74) is 7.09. The van der Waals surface area contributed by atoms with Crippen molar-refractivity contribution in [1.29, 1.82) is 0 Å². The first-order valence-corrected chi connectivity index (χ1v) is 6.24. The molecule has 16 heavy (non-hydrogen) atoms. The fraction of sp³-hybridized carbons (Fsp3) is 0.538. The van der Waals surface area contributed by atoms with E-state index in [4.69, 9.17) is 17.3 Å². The van der Waals surface area contributed by atoms with Gasteiger partial charge in [0.15, 0.2) is 0 Å². The largest absolute Gasteiger partial charge is 0.327 e. The van der Waals surface area contributed by atoms with E-state index in [1.165, 1.54) is 31.7 Å². The van der Waals surface area contributed by atoms with E-state index < -0.39 is 0 Å². The Balaban J connectivity index is 1.99. The number of benzene rings is 1. The first-order chi connectivity index (χ1) is 7.66. The maximum absolute atomic E-state index is 13.2. The molecule has 88 valence electrons. The summed E-state index contributed by atoms with van der Waals surface area (Å²) in [5.74, 6) is 0.261. The van der Waals surface area contributed by atoms with E-state index in [0.29, 0.717) is 5.92 Å². The van der Waals surface area contributed by atoms with Crippen molar-refractivity contribution >= 4 is 11.6 Å². The molecule has 3 heteroatoms. The lowest BCUT2D eigenvalue weighted by atomic mass is 9.93. The maximum atomic E-state index is 13.2. The predicted molar refractivity (Wildman–Crippen MR) is 65.0 cm³/mol. The van der Waals surface area contributed by atoms with E-state index in [9.17, 15) is 4.39 Å². The first-order valence-electron chi connectivity index (χ1n) is 5.86. The van der Waals surface area contributed by atoms with Crippen molar-refractivity contribution in [2.45, 2.75) is 38.1 Å². The molecule has 1 aliphatic carbocycles. The van der Waals surface area contributed by atoms with Crippen LogP contribution in [0, 0.1) is 11.7 Å². The lowest BCUT2D eigenvalue weighted by Gasteiger charge is -2.18. The van der Waals surface area contributed by atoms with Gasteiger partial charge in [-0.2, -0.15) is 0 Å². The Bertz CT molecular complexity index is 361. The van der Waals surface area contributed by atoms with Crippen LogP contribution < -0.4 is 5.73 Å². The molecule has 1 saturated carbocycles. The highest BCUT2D eigenvalue weighted by molar-refractivity contribution is 6.30. The minimum Gasteiger partial charge on any atom is -0.327 e. The van der Waals surface area contributed by atoms with Gasteiger partial charge in [0, 0.05) is 6.04 Å². The van der Waals surface area contributed by atoms with Gasteiger partial charge >= 0.3 is 0 Å². The SMILES string of the molecule is NC(Cc1ccc(Cl)c(F)c1)C1CCCC1. The van der Waals surface area contributed by atoms with Crippen LogP contribution in [0.4, 0.5) is 4.39 Å². The van der Waals surface area contributed by atoms with Gasteiger partial charge in [0.2, 0.25) is 0 Å². The third-order valence-electron chi connectivity index (χ3n) is 3.46. The summed E-state index contributed by atoms with van der Waals surface area (Å²) in [7, 11) is 0. The van der Waals surface area contributed by atoms with Gasteiger partial charge in [-0.15, -0.1) is 0 Å². The Labute approximate surface area is 101 Å². The van der Waals surface area contributed by atoms with Crippen LogP contribution in [0.2, 0.25) is 5.02 Å². The summed E-state index contributed by atoms with van der Waals surface area (Å²) in [4.78, 5) is 0. The lowest BCUT2D eigenvalue weighted by Crippen LogP contribution is -2.30. The van der Waals surface area contributed by atoms with E-state index in [1.54, 1.807) is 6.07 Å². The van der Waals surface area contributed by atoms with Crippen LogP contribution in [0.25, 0.3) is 0 Å². The Morgan fingerprint density at radius 3 is 2.69 bits per heavy atom. The molecule has 2 N–H and O–H groups in total. The highest BCUT2D eigenvalue weighted by Gasteiger charge is 2.22. The number of halogens is 2. The van der Waals surface area contributed by atoms with Crippen LogP contribution in [0.3, 0.4) is 0 Å². The zero-order chi connectivity index (χ0) is 11.5. The Hall–Kier alpha value is -0.600. The van der Waals surface area contributed by atoms with Crippen molar-refractivity contribution in [2.24, 2.45) is 11.7 Å². The Morgan fingerprint density at radius 1 is 1.38 bits per heavy atom. The third kappa shape index (κ3) is 2.74. The summed E-state index contributed by atoms with van der Waals surface area (Å²) in [6.07, 6.45) is 5.76. The first kappa shape index (κ1) is 11.9. The topological polar surface area (TPSA) is 26.0 Å². The van der Waals surface area contributed by atoms with Gasteiger partial charge in [-0.3, -0.25) is 0 Å². The summed E-state index contributed by atoms with van der Waals surface area (Å²) < 4.78 is 13.2. The van der Waals surface area contributed by atoms with Crippen LogP contribution in [-0.2, 0) is 6.42 Å². The number of nitrogens with two attached hydrogens (primary N) is 1. The van der Waals surface area contributed by atoms with Crippen LogP contribution in [-0.4, -0.2) is 6.04 Å². The second kappa shape index (κ2) is 5.15. The van der Waals surface area contributed by atoms with Crippen molar-refractivity contribution in [3.05, 3.63) is 34.6 Å². The Morgan fingerprint density at radius 2 is 2.06 bits per heavy atom. The number of rotatable bonds is 3. The van der Waals surface area contributed by atoms with Crippen molar-refractivity contribution in [2.75, 3.05) is 0 Å². The minimum atomic E-state index is -0.349. The minimum absolute atomic E-state index is 0.156. The average Bonchev–Trinajstić information content (AvgIpc) is 2.77. The van der Waals surface area contributed by atoms with Crippen molar-refractivity contribution in [1.82, 2.24) is 0 Å². The molecule has 1 aromatic rings. The van der Waals surface area contributed by atoms with E-state index in [2.05, 4.69) is 0 Å². The molecule has 0 aliphatic heterocycles. The van der Waals surface area contributed by atoms with Crippen molar-refractivity contribution in [3.8, 4) is 0 Å². The van der Waals surface area contributed by atoms with Gasteiger partial charge in [-0.05, 0) is 42.9 Å². The molecule has 1 fully saturated rings. The molecule has 0 aromatic heterocycles. The van der Waals surface area contributed by atoms with E-state index in [1.807, 2.05) is 6.07 Å². The predicted octanol–water partition coefficient (Wildman–Crippen LogP) is 3.54. The van der Waals surface area contributed by atoms with E-state index >= 15 is 0 Å². The molecular weight excluding hydrogens is 225 g/mol. The molecule has 0 bridgehead atoms. The van der Waals surface area contributed by atoms with Crippen molar-refractivity contribution in [3.63, 3.8) is 0 Å². The van der Waals surface area contributed by atoms with Gasteiger partial charge in [-0.25, -0.2) is 4.39 Å². The molecular formula is C13H17ClFN. The molecule has 0 saturated heterocycles. The molecule has 0 amide bonds. The monoisotopic (exact) mass is 241 g/mol. The zero-order valence-electron chi connectivity index (χ0n) is 9.26. The van der Waals surface area contributed by atoms with Crippen LogP contribution in [0.1, 0.15) is 31.2 Å². The van der Waals surface area contributed by atoms with Crippen LogP contribution in [0.5, 0.6) is 0 Å². The molecule has 1 aliphatic rings. The van der Waals surface area contributed by atoms with Gasteiger partial charge < -0.3 is 5.73 Å². The highest BCUT2D eigenvalue weighted by atomic mass is 35.5. The quantitative estimate of drug-likeness (QED) is 0.861. The van der Waals surface area contributed by atoms with Crippen LogP contribution in [0.15, 0.2) is 18.2 Å². The molecule has 0 heterocycles. The molecule has 2 rings (SSSR count). The van der Waals surface area contributed by atoms with Gasteiger partial charge in [0.05, 0.1) is 5.02 Å². The smallest absolute Gasteiger partial charge is 0.142 e. The summed E-state index contributed by atoms with van der Waals surface area (Å²) in [5, 5.41) is 0.179. The van der Waals surface area contributed by atoms with E-state index in [-0.39, 0.29) is 16.9 Å². The van der Waals surface area contributed by atoms with Crippen molar-refractivity contribution < 1.29 is 4.39 Å². The summed E-state index contributed by atoms with van der Waals surface area (Å²) in [6.45, 7) is 0. The molecule has 1 unspecified atom stereocenters. The molecule has 1 atom stereocenters. The fourth-order valence-corrected chi connectivity index (χ4v) is 2.61. The normalized spacial score (nSPS) is 18.9. The number of hydrogen-bond donors (Lipinski definition) is 1. The summed E-state index contributed by atoms with van der Waals surface area (Å²) >= 11 is 5.64. The summed E-state index contributed by atoms with van der Waals surface area (Å²) in [6, 6.07) is 5.12. The Kier molecular flexibility index (Phi) is 3.82. The van der Waals surface area contributed by atoms with Gasteiger partial charge in [-0.1, -0.05) is 30.5 Å². The average molecular weight is 242 g/mol. The third-order valence-corrected chi connectivity index (χ3v) is 3.77. The fourth-order valence-electron chi connectivity index (χ4n) is 2.49. The second-order valence-corrected chi connectivity index (χ2v) is 5.07. The zero-order valence-corrected chi connectivity index (χ0v) is 10.0. The second-order valence-electron chi connectivity index (χ2n) is 4.66. The van der Waals surface area contributed by atoms with Gasteiger partial charge in [0.25, 0.3) is 0 Å². The molecule has 1 nitrogen and oxygen atoms in total. The molecule has 0 spiro atoms. The van der Waals surface area contributed by atoms with Gasteiger partial charge in [0.1, 0.15) is 5.82 Å². The maximum Gasteiger partial charge on any atom is 0.142 e. The standard InChI is InChI=1S/C13H17ClFN/c14-11-6-5-9(7-12(11)15)8-13(16)10-3-1-2-4-10/h5-7,10,13H,1-4,8,16H2. The number of hydrogen-bond acceptors (Lipinski definition) is 1. The lowest BCUT2D eigenvalue weighted by molar-refractivity contribution is 0.428. The molecule has 0 radical (unpaired) electrons. The highest BCUT2D eigenvalue weighted by Crippen LogP contribution is 2.28. The molecule has 1 aromatic carbocycles. The van der Waals surface area contributed by atoms with E-state index in [0.717, 1.165) is 12.0 Å². The van der Waals surface area contributed by atoms with Crippen LogP contribution >= 0.6 is 11.6 Å².